The van der Waals surface area contributed by atoms with Crippen LogP contribution in [0.1, 0.15) is 94.2 Å². The normalized spacial score (nSPS) is 17.5. The highest BCUT2D eigenvalue weighted by atomic mass is 19.2. The van der Waals surface area contributed by atoms with E-state index in [2.05, 4.69) is 13.8 Å². The van der Waals surface area contributed by atoms with Gasteiger partial charge in [-0.1, -0.05) is 82.0 Å². The second-order valence-corrected chi connectivity index (χ2v) is 10.6. The zero-order valence-electron chi connectivity index (χ0n) is 22.5. The van der Waals surface area contributed by atoms with Gasteiger partial charge in [0.2, 0.25) is 5.82 Å². The Labute approximate surface area is 224 Å². The summed E-state index contributed by atoms with van der Waals surface area (Å²) in [4.78, 5) is 0. The van der Waals surface area contributed by atoms with Crippen LogP contribution in [-0.4, -0.2) is 0 Å². The minimum absolute atomic E-state index is 0.0331. The third kappa shape index (κ3) is 6.59. The lowest BCUT2D eigenvalue weighted by molar-refractivity contribution is 0.279. The number of hydrogen-bond acceptors (Lipinski definition) is 1. The average molecular weight is 527 g/mol. The molecule has 0 aliphatic heterocycles. The number of halogens is 4. The molecule has 1 aliphatic carbocycles. The lowest BCUT2D eigenvalue weighted by atomic mass is 9.77. The van der Waals surface area contributed by atoms with Crippen molar-refractivity contribution in [3.8, 4) is 16.9 Å². The molecule has 3 aromatic rings. The molecule has 1 saturated carbocycles. The van der Waals surface area contributed by atoms with Gasteiger partial charge in [0.25, 0.3) is 0 Å². The van der Waals surface area contributed by atoms with E-state index in [0.717, 1.165) is 51.4 Å². The van der Waals surface area contributed by atoms with Crippen molar-refractivity contribution in [1.82, 2.24) is 0 Å². The number of benzene rings is 3. The molecule has 0 bridgehead atoms. The number of aryl methyl sites for hydroxylation is 1. The molecule has 0 radical (unpaired) electrons. The Hall–Kier alpha value is -2.82. The molecule has 3 aromatic carbocycles. The van der Waals surface area contributed by atoms with E-state index in [9.17, 15) is 17.6 Å². The molecule has 1 fully saturated rings. The first-order chi connectivity index (χ1) is 18.4. The Morgan fingerprint density at radius 2 is 1.45 bits per heavy atom. The highest BCUT2D eigenvalue weighted by Gasteiger charge is 2.26. The fourth-order valence-electron chi connectivity index (χ4n) is 5.66. The van der Waals surface area contributed by atoms with Gasteiger partial charge in [-0.05, 0) is 78.7 Å². The van der Waals surface area contributed by atoms with E-state index in [1.165, 1.54) is 12.5 Å². The Bertz CT molecular complexity index is 1200. The third-order valence-electron chi connectivity index (χ3n) is 7.93. The van der Waals surface area contributed by atoms with Gasteiger partial charge in [-0.15, -0.1) is 0 Å². The van der Waals surface area contributed by atoms with Crippen LogP contribution in [0.5, 0.6) is 5.75 Å². The molecule has 0 spiro atoms. The molecule has 0 amide bonds. The Balaban J connectivity index is 1.38. The van der Waals surface area contributed by atoms with Crippen molar-refractivity contribution >= 4 is 0 Å². The molecule has 0 saturated heterocycles. The van der Waals surface area contributed by atoms with Gasteiger partial charge in [0.05, 0.1) is 0 Å². The summed E-state index contributed by atoms with van der Waals surface area (Å²) in [6.07, 6.45) is 9.61. The molecule has 38 heavy (non-hydrogen) atoms. The van der Waals surface area contributed by atoms with Crippen LogP contribution >= 0.6 is 0 Å². The quantitative estimate of drug-likeness (QED) is 0.178. The average Bonchev–Trinajstić information content (AvgIpc) is 2.93. The van der Waals surface area contributed by atoms with Gasteiger partial charge in [0.15, 0.2) is 23.2 Å². The molecule has 0 heterocycles. The predicted molar refractivity (Wildman–Crippen MR) is 145 cm³/mol. The molecule has 0 N–H and O–H groups in total. The third-order valence-corrected chi connectivity index (χ3v) is 7.93. The molecule has 0 aromatic heterocycles. The van der Waals surface area contributed by atoms with Gasteiger partial charge >= 0.3 is 0 Å². The van der Waals surface area contributed by atoms with Crippen molar-refractivity contribution in [3.05, 3.63) is 88.5 Å². The maximum absolute atomic E-state index is 14.9. The van der Waals surface area contributed by atoms with E-state index >= 15 is 0 Å². The zero-order chi connectivity index (χ0) is 27.1. The van der Waals surface area contributed by atoms with Gasteiger partial charge < -0.3 is 4.74 Å². The van der Waals surface area contributed by atoms with Crippen LogP contribution in [0.25, 0.3) is 11.1 Å². The fraction of sp³-hybridized carbons (Fsp3) is 0.455. The van der Waals surface area contributed by atoms with Crippen LogP contribution < -0.4 is 4.74 Å². The van der Waals surface area contributed by atoms with Crippen LogP contribution in [0.3, 0.4) is 0 Å². The summed E-state index contributed by atoms with van der Waals surface area (Å²) < 4.78 is 64.7. The molecule has 0 unspecified atom stereocenters. The molecule has 1 nitrogen and oxygen atoms in total. The topological polar surface area (TPSA) is 9.23 Å². The second-order valence-electron chi connectivity index (χ2n) is 10.6. The van der Waals surface area contributed by atoms with E-state index in [-0.39, 0.29) is 23.8 Å². The lowest BCUT2D eigenvalue weighted by Gasteiger charge is -2.29. The summed E-state index contributed by atoms with van der Waals surface area (Å²) in [6, 6.07) is 13.2. The predicted octanol–water partition coefficient (Wildman–Crippen LogP) is 10.3. The van der Waals surface area contributed by atoms with Crippen LogP contribution in [-0.2, 0) is 13.0 Å². The first-order valence-corrected chi connectivity index (χ1v) is 14.1. The van der Waals surface area contributed by atoms with Crippen LogP contribution in [0.2, 0.25) is 0 Å². The summed E-state index contributed by atoms with van der Waals surface area (Å²) in [5.41, 5.74) is 2.29. The van der Waals surface area contributed by atoms with E-state index in [4.69, 9.17) is 4.74 Å². The molecule has 204 valence electrons. The minimum Gasteiger partial charge on any atom is -0.486 e. The molecular weight excluding hydrogens is 488 g/mol. The van der Waals surface area contributed by atoms with Crippen LogP contribution in [0.4, 0.5) is 17.6 Å². The molecule has 1 aliphatic rings. The monoisotopic (exact) mass is 526 g/mol. The van der Waals surface area contributed by atoms with Gasteiger partial charge in [0, 0.05) is 5.56 Å². The Kier molecular flexibility index (Phi) is 9.87. The number of ether oxygens (including phenoxy) is 1. The van der Waals surface area contributed by atoms with Gasteiger partial charge in [-0.25, -0.2) is 13.2 Å². The van der Waals surface area contributed by atoms with Gasteiger partial charge in [-0.2, -0.15) is 4.39 Å². The molecular formula is C33H38F4O. The smallest absolute Gasteiger partial charge is 0.200 e. The standard InChI is InChI=1S/C33H38F4O/c1-3-5-6-8-26-17-18-27(31(35)30(26)34)25-15-11-23(12-16-25)21-38-29-20-19-28(32(36)33(29)37)24-13-9-22(7-4-2)10-14-24/h11-12,15-20,22,24H,3-10,13-14,21H2,1-2H3. The largest absolute Gasteiger partial charge is 0.486 e. The fourth-order valence-corrected chi connectivity index (χ4v) is 5.66. The second kappa shape index (κ2) is 13.3. The SMILES string of the molecule is CCCCCc1ccc(-c2ccc(COc3ccc(C4CCC(CCC)CC4)c(F)c3F)cc2)c(F)c1F. The number of rotatable bonds is 11. The summed E-state index contributed by atoms with van der Waals surface area (Å²) in [6.45, 7) is 4.29. The van der Waals surface area contributed by atoms with Crippen molar-refractivity contribution in [2.45, 2.75) is 90.6 Å². The van der Waals surface area contributed by atoms with E-state index in [0.29, 0.717) is 34.6 Å². The van der Waals surface area contributed by atoms with Crippen molar-refractivity contribution in [3.63, 3.8) is 0 Å². The molecule has 5 heteroatoms. The van der Waals surface area contributed by atoms with Crippen molar-refractivity contribution in [2.75, 3.05) is 0 Å². The highest BCUT2D eigenvalue weighted by molar-refractivity contribution is 5.65. The summed E-state index contributed by atoms with van der Waals surface area (Å²) >= 11 is 0. The van der Waals surface area contributed by atoms with Gasteiger partial charge in [0.1, 0.15) is 6.61 Å². The summed E-state index contributed by atoms with van der Waals surface area (Å²) in [7, 11) is 0. The Morgan fingerprint density at radius 1 is 0.711 bits per heavy atom. The molecule has 4 rings (SSSR count). The van der Waals surface area contributed by atoms with E-state index < -0.39 is 23.3 Å². The lowest BCUT2D eigenvalue weighted by Crippen LogP contribution is -2.15. The highest BCUT2D eigenvalue weighted by Crippen LogP contribution is 2.40. The van der Waals surface area contributed by atoms with E-state index in [1.807, 2.05) is 0 Å². The minimum atomic E-state index is -0.952. The molecule has 0 atom stereocenters. The first-order valence-electron chi connectivity index (χ1n) is 14.1. The maximum atomic E-state index is 14.9. The van der Waals surface area contributed by atoms with Crippen LogP contribution in [0.15, 0.2) is 48.5 Å². The maximum Gasteiger partial charge on any atom is 0.200 e. The van der Waals surface area contributed by atoms with Crippen molar-refractivity contribution in [1.29, 1.82) is 0 Å². The number of hydrogen-bond donors (Lipinski definition) is 0. The summed E-state index contributed by atoms with van der Waals surface area (Å²) in [5, 5.41) is 0. The zero-order valence-corrected chi connectivity index (χ0v) is 22.5. The summed E-state index contributed by atoms with van der Waals surface area (Å²) in [5.74, 6) is -2.78. The van der Waals surface area contributed by atoms with E-state index in [1.54, 1.807) is 42.5 Å². The van der Waals surface area contributed by atoms with Crippen molar-refractivity contribution in [2.24, 2.45) is 5.92 Å². The number of unbranched alkanes of at least 4 members (excludes halogenated alkanes) is 2. The van der Waals surface area contributed by atoms with Crippen molar-refractivity contribution < 1.29 is 22.3 Å². The first kappa shape index (κ1) is 28.2. The Morgan fingerprint density at radius 3 is 2.13 bits per heavy atom. The van der Waals surface area contributed by atoms with Gasteiger partial charge in [-0.3, -0.25) is 0 Å². The van der Waals surface area contributed by atoms with Crippen LogP contribution in [0, 0.1) is 29.2 Å².